The number of carboxylic acids is 1. The van der Waals surface area contributed by atoms with Crippen LogP contribution >= 0.6 is 0 Å². The third-order valence-corrected chi connectivity index (χ3v) is 3.84. The highest BCUT2D eigenvalue weighted by Gasteiger charge is 2.26. The van der Waals surface area contributed by atoms with Crippen LogP contribution in [-0.4, -0.2) is 34.1 Å². The summed E-state index contributed by atoms with van der Waals surface area (Å²) < 4.78 is 0. The van der Waals surface area contributed by atoms with Crippen LogP contribution < -0.4 is 4.90 Å². The topological polar surface area (TPSA) is 90.1 Å². The van der Waals surface area contributed by atoms with Crippen molar-refractivity contribution in [3.63, 3.8) is 0 Å². The maximum absolute atomic E-state index is 10.8. The summed E-state index contributed by atoms with van der Waals surface area (Å²) in [6, 6.07) is 1.95. The van der Waals surface area contributed by atoms with Gasteiger partial charge < -0.3 is 10.0 Å². The van der Waals surface area contributed by atoms with Gasteiger partial charge in [-0.3, -0.25) is 4.79 Å². The average molecular weight is 274 g/mol. The van der Waals surface area contributed by atoms with Gasteiger partial charge in [-0.25, -0.2) is 9.97 Å². The van der Waals surface area contributed by atoms with E-state index < -0.39 is 5.97 Å². The summed E-state index contributed by atoms with van der Waals surface area (Å²) in [5.41, 5.74) is 0.307. The quantitative estimate of drug-likeness (QED) is 0.898. The predicted molar refractivity (Wildman–Crippen MR) is 73.1 cm³/mol. The van der Waals surface area contributed by atoms with E-state index in [1.807, 2.05) is 13.0 Å². The van der Waals surface area contributed by atoms with Gasteiger partial charge >= 0.3 is 5.97 Å². The van der Waals surface area contributed by atoms with E-state index in [1.54, 1.807) is 6.20 Å². The minimum atomic E-state index is -0.743. The highest BCUT2D eigenvalue weighted by Crippen LogP contribution is 2.28. The molecule has 106 valence electrons. The fraction of sp³-hybridized carbons (Fsp3) is 0.571. The summed E-state index contributed by atoms with van der Waals surface area (Å²) >= 11 is 0. The average Bonchev–Trinajstić information content (AvgIpc) is 2.47. The third kappa shape index (κ3) is 3.44. The number of hydrogen-bond acceptors (Lipinski definition) is 5. The molecule has 0 radical (unpaired) electrons. The molecular formula is C14H18N4O2. The Morgan fingerprint density at radius 1 is 1.60 bits per heavy atom. The molecule has 0 aromatic carbocycles. The number of anilines is 1. The number of aliphatic carboxylic acids is 1. The van der Waals surface area contributed by atoms with E-state index >= 15 is 0 Å². The molecule has 1 aliphatic rings. The van der Waals surface area contributed by atoms with Crippen LogP contribution in [-0.2, 0) is 4.79 Å². The molecule has 0 aliphatic carbocycles. The molecule has 2 rings (SSSR count). The van der Waals surface area contributed by atoms with Gasteiger partial charge in [-0.05, 0) is 24.7 Å². The number of piperidine rings is 1. The summed E-state index contributed by atoms with van der Waals surface area (Å²) in [5, 5.41) is 17.6. The van der Waals surface area contributed by atoms with Crippen LogP contribution in [0.25, 0.3) is 0 Å². The first kappa shape index (κ1) is 14.3. The van der Waals surface area contributed by atoms with Crippen molar-refractivity contribution < 1.29 is 9.90 Å². The maximum atomic E-state index is 10.8. The summed E-state index contributed by atoms with van der Waals surface area (Å²) in [6.07, 6.45) is 5.37. The molecule has 1 N–H and O–H groups in total. The Morgan fingerprint density at radius 2 is 2.40 bits per heavy atom. The van der Waals surface area contributed by atoms with Crippen molar-refractivity contribution >= 4 is 11.8 Å². The first-order valence-corrected chi connectivity index (χ1v) is 6.79. The molecule has 1 aromatic heterocycles. The number of rotatable bonds is 4. The third-order valence-electron chi connectivity index (χ3n) is 3.84. The lowest BCUT2D eigenvalue weighted by Crippen LogP contribution is -2.38. The second-order valence-corrected chi connectivity index (χ2v) is 5.30. The first-order chi connectivity index (χ1) is 9.60. The molecule has 0 saturated carbocycles. The largest absolute Gasteiger partial charge is 0.481 e. The fourth-order valence-electron chi connectivity index (χ4n) is 2.67. The van der Waals surface area contributed by atoms with Crippen molar-refractivity contribution in [2.75, 3.05) is 18.0 Å². The van der Waals surface area contributed by atoms with Crippen LogP contribution in [0.5, 0.6) is 0 Å². The van der Waals surface area contributed by atoms with E-state index in [-0.39, 0.29) is 12.3 Å². The summed E-state index contributed by atoms with van der Waals surface area (Å²) in [7, 11) is 0. The lowest BCUT2D eigenvalue weighted by molar-refractivity contribution is -0.138. The summed E-state index contributed by atoms with van der Waals surface area (Å²) in [5.74, 6) is 0.531. The number of nitrogens with zero attached hydrogens (tertiary/aromatic N) is 4. The second kappa shape index (κ2) is 6.33. The van der Waals surface area contributed by atoms with E-state index in [4.69, 9.17) is 10.4 Å². The molecule has 2 atom stereocenters. The molecule has 6 nitrogen and oxygen atoms in total. The second-order valence-electron chi connectivity index (χ2n) is 5.30. The van der Waals surface area contributed by atoms with Crippen LogP contribution in [0.1, 0.15) is 31.9 Å². The van der Waals surface area contributed by atoms with Gasteiger partial charge in [-0.2, -0.15) is 5.26 Å². The molecule has 2 heterocycles. The van der Waals surface area contributed by atoms with E-state index in [1.165, 1.54) is 6.20 Å². The van der Waals surface area contributed by atoms with Crippen molar-refractivity contribution in [3.05, 3.63) is 18.1 Å². The number of aromatic nitrogens is 2. The number of hydrogen-bond donors (Lipinski definition) is 1. The standard InChI is InChI=1S/C14H18N4O2/c1-10(5-14(19)20)11-3-2-4-18(9-11)13-8-16-12(6-15)7-17-13/h7-8,10-11H,2-5,9H2,1H3,(H,19,20). The molecule has 0 spiro atoms. The van der Waals surface area contributed by atoms with Gasteiger partial charge in [0, 0.05) is 19.5 Å². The smallest absolute Gasteiger partial charge is 0.303 e. The molecule has 2 unspecified atom stereocenters. The summed E-state index contributed by atoms with van der Waals surface area (Å²) in [4.78, 5) is 21.2. The van der Waals surface area contributed by atoms with E-state index in [9.17, 15) is 4.79 Å². The maximum Gasteiger partial charge on any atom is 0.303 e. The van der Waals surface area contributed by atoms with Crippen molar-refractivity contribution in [1.29, 1.82) is 5.26 Å². The van der Waals surface area contributed by atoms with Gasteiger partial charge in [0.05, 0.1) is 12.4 Å². The minimum Gasteiger partial charge on any atom is -0.481 e. The minimum absolute atomic E-state index is 0.154. The van der Waals surface area contributed by atoms with Crippen LogP contribution in [0.3, 0.4) is 0 Å². The Balaban J connectivity index is 2.02. The van der Waals surface area contributed by atoms with E-state index in [0.29, 0.717) is 11.6 Å². The zero-order valence-corrected chi connectivity index (χ0v) is 11.5. The van der Waals surface area contributed by atoms with Crippen LogP contribution in [0, 0.1) is 23.2 Å². The molecule has 1 saturated heterocycles. The molecule has 20 heavy (non-hydrogen) atoms. The molecule has 1 fully saturated rings. The zero-order valence-electron chi connectivity index (χ0n) is 11.5. The number of carbonyl (C=O) groups is 1. The van der Waals surface area contributed by atoms with Gasteiger partial charge in [0.1, 0.15) is 11.9 Å². The monoisotopic (exact) mass is 274 g/mol. The van der Waals surface area contributed by atoms with Gasteiger partial charge in [-0.15, -0.1) is 0 Å². The van der Waals surface area contributed by atoms with E-state index in [2.05, 4.69) is 14.9 Å². The van der Waals surface area contributed by atoms with Crippen molar-refractivity contribution in [1.82, 2.24) is 9.97 Å². The van der Waals surface area contributed by atoms with Crippen LogP contribution in [0.4, 0.5) is 5.82 Å². The molecule has 1 aliphatic heterocycles. The zero-order chi connectivity index (χ0) is 14.5. The molecule has 0 bridgehead atoms. The highest BCUT2D eigenvalue weighted by atomic mass is 16.4. The van der Waals surface area contributed by atoms with Crippen molar-refractivity contribution in [2.24, 2.45) is 11.8 Å². The Bertz CT molecular complexity index is 509. The lowest BCUT2D eigenvalue weighted by Gasteiger charge is -2.36. The normalized spacial score (nSPS) is 20.2. The van der Waals surface area contributed by atoms with Crippen molar-refractivity contribution in [3.8, 4) is 6.07 Å². The van der Waals surface area contributed by atoms with Crippen LogP contribution in [0.2, 0.25) is 0 Å². The molecule has 0 amide bonds. The molecular weight excluding hydrogens is 256 g/mol. The van der Waals surface area contributed by atoms with Gasteiger partial charge in [0.15, 0.2) is 5.69 Å². The fourth-order valence-corrected chi connectivity index (χ4v) is 2.67. The Labute approximate surface area is 118 Å². The molecule has 1 aromatic rings. The Kier molecular flexibility index (Phi) is 4.51. The molecule has 6 heteroatoms. The van der Waals surface area contributed by atoms with E-state index in [0.717, 1.165) is 31.7 Å². The van der Waals surface area contributed by atoms with Gasteiger partial charge in [-0.1, -0.05) is 6.92 Å². The number of nitriles is 1. The first-order valence-electron chi connectivity index (χ1n) is 6.79. The van der Waals surface area contributed by atoms with Gasteiger partial charge in [0.25, 0.3) is 0 Å². The summed E-state index contributed by atoms with van der Waals surface area (Å²) in [6.45, 7) is 3.69. The predicted octanol–water partition coefficient (Wildman–Crippen LogP) is 1.68. The van der Waals surface area contributed by atoms with Crippen LogP contribution in [0.15, 0.2) is 12.4 Å². The van der Waals surface area contributed by atoms with Gasteiger partial charge in [0.2, 0.25) is 0 Å². The SMILES string of the molecule is CC(CC(=O)O)C1CCCN(c2cnc(C#N)cn2)C1. The number of carboxylic acid groups (broad SMARTS) is 1. The van der Waals surface area contributed by atoms with Crippen molar-refractivity contribution in [2.45, 2.75) is 26.2 Å². The lowest BCUT2D eigenvalue weighted by atomic mass is 9.85. The highest BCUT2D eigenvalue weighted by molar-refractivity contribution is 5.67. The Morgan fingerprint density at radius 3 is 3.00 bits per heavy atom. The Hall–Kier alpha value is -2.16.